The van der Waals surface area contributed by atoms with Crippen LogP contribution in [0.2, 0.25) is 0 Å². The van der Waals surface area contributed by atoms with Crippen molar-refractivity contribution in [1.29, 1.82) is 0 Å². The van der Waals surface area contributed by atoms with Crippen LogP contribution in [0.1, 0.15) is 39.5 Å². The topological polar surface area (TPSA) is 17.1 Å². The minimum atomic E-state index is 0.274. The summed E-state index contributed by atoms with van der Waals surface area (Å²) in [7, 11) is 0. The second kappa shape index (κ2) is 5.21. The molecule has 0 aromatic rings. The standard InChI is InChI=1S/C7H10O.C2H6/c1-6-4-2-3-5-7(6)8;1-2/h1-5H2;1-2H3. The number of carbonyl (C=O) groups is 1. The van der Waals surface area contributed by atoms with Crippen molar-refractivity contribution in [2.24, 2.45) is 0 Å². The van der Waals surface area contributed by atoms with Gasteiger partial charge in [0.05, 0.1) is 0 Å². The zero-order valence-corrected chi connectivity index (χ0v) is 6.94. The lowest BCUT2D eigenvalue weighted by molar-refractivity contribution is -0.116. The Morgan fingerprint density at radius 2 is 1.70 bits per heavy atom. The normalized spacial score (nSPS) is 17.8. The average molecular weight is 140 g/mol. The van der Waals surface area contributed by atoms with Gasteiger partial charge in [0, 0.05) is 6.42 Å². The summed E-state index contributed by atoms with van der Waals surface area (Å²) in [6.07, 6.45) is 3.89. The highest BCUT2D eigenvalue weighted by Gasteiger charge is 2.11. The zero-order valence-electron chi connectivity index (χ0n) is 6.94. The predicted octanol–water partition coefficient (Wildman–Crippen LogP) is 2.71. The Kier molecular flexibility index (Phi) is 4.91. The molecule has 0 heterocycles. The summed E-state index contributed by atoms with van der Waals surface area (Å²) in [5.74, 6) is 0.274. The van der Waals surface area contributed by atoms with Crippen LogP contribution in [-0.4, -0.2) is 5.78 Å². The maximum atomic E-state index is 10.7. The first kappa shape index (κ1) is 9.41. The number of ketones is 1. The molecule has 0 aromatic heterocycles. The van der Waals surface area contributed by atoms with Crippen molar-refractivity contribution in [2.75, 3.05) is 0 Å². The highest BCUT2D eigenvalue weighted by Crippen LogP contribution is 2.17. The van der Waals surface area contributed by atoms with Crippen LogP contribution in [0.4, 0.5) is 0 Å². The summed E-state index contributed by atoms with van der Waals surface area (Å²) in [5.41, 5.74) is 0.830. The Bertz CT molecular complexity index is 109. The lowest BCUT2D eigenvalue weighted by atomic mass is 9.95. The smallest absolute Gasteiger partial charge is 0.158 e. The van der Waals surface area contributed by atoms with Crippen LogP contribution >= 0.6 is 0 Å². The quantitative estimate of drug-likeness (QED) is 0.473. The molecule has 1 nitrogen and oxygen atoms in total. The molecule has 0 aromatic carbocycles. The molecule has 1 rings (SSSR count). The monoisotopic (exact) mass is 140 g/mol. The Morgan fingerprint density at radius 3 is 2.00 bits per heavy atom. The number of hydrogen-bond acceptors (Lipinski definition) is 1. The van der Waals surface area contributed by atoms with Crippen LogP contribution < -0.4 is 0 Å². The van der Waals surface area contributed by atoms with Crippen molar-refractivity contribution in [3.05, 3.63) is 12.2 Å². The van der Waals surface area contributed by atoms with Crippen LogP contribution in [0.3, 0.4) is 0 Å². The Labute approximate surface area is 63.1 Å². The summed E-state index contributed by atoms with van der Waals surface area (Å²) in [4.78, 5) is 10.7. The second-order valence-corrected chi connectivity index (χ2v) is 2.23. The van der Waals surface area contributed by atoms with E-state index in [-0.39, 0.29) is 5.78 Å². The first-order valence-electron chi connectivity index (χ1n) is 4.01. The van der Waals surface area contributed by atoms with E-state index in [9.17, 15) is 4.79 Å². The van der Waals surface area contributed by atoms with Crippen LogP contribution in [-0.2, 0) is 4.79 Å². The Balaban J connectivity index is 0.000000371. The van der Waals surface area contributed by atoms with Gasteiger partial charge in [0.15, 0.2) is 5.78 Å². The molecule has 1 fully saturated rings. The molecular formula is C9H16O. The van der Waals surface area contributed by atoms with Gasteiger partial charge in [0.1, 0.15) is 0 Å². The highest BCUT2D eigenvalue weighted by molar-refractivity contribution is 5.95. The lowest BCUT2D eigenvalue weighted by Crippen LogP contribution is -2.06. The molecule has 1 heteroatoms. The molecule has 1 aliphatic carbocycles. The van der Waals surface area contributed by atoms with Gasteiger partial charge < -0.3 is 0 Å². The van der Waals surface area contributed by atoms with Crippen LogP contribution in [0.15, 0.2) is 12.2 Å². The van der Waals surface area contributed by atoms with Crippen molar-refractivity contribution in [3.63, 3.8) is 0 Å². The highest BCUT2D eigenvalue weighted by atomic mass is 16.1. The van der Waals surface area contributed by atoms with E-state index in [4.69, 9.17) is 0 Å². The van der Waals surface area contributed by atoms with Crippen LogP contribution in [0.25, 0.3) is 0 Å². The van der Waals surface area contributed by atoms with E-state index in [1.54, 1.807) is 0 Å². The molecule has 58 valence electrons. The molecule has 10 heavy (non-hydrogen) atoms. The van der Waals surface area contributed by atoms with E-state index in [0.29, 0.717) is 0 Å². The fourth-order valence-electron chi connectivity index (χ4n) is 0.940. The van der Waals surface area contributed by atoms with E-state index in [0.717, 1.165) is 31.3 Å². The van der Waals surface area contributed by atoms with Crippen LogP contribution in [0.5, 0.6) is 0 Å². The van der Waals surface area contributed by atoms with Gasteiger partial charge in [-0.15, -0.1) is 0 Å². The first-order chi connectivity index (χ1) is 4.80. The molecule has 1 aliphatic rings. The Morgan fingerprint density at radius 1 is 1.20 bits per heavy atom. The number of rotatable bonds is 0. The van der Waals surface area contributed by atoms with Gasteiger partial charge in [-0.1, -0.05) is 20.4 Å². The van der Waals surface area contributed by atoms with Gasteiger partial charge >= 0.3 is 0 Å². The number of Topliss-reactive ketones (excluding diaryl/α,β-unsaturated/α-hetero) is 1. The van der Waals surface area contributed by atoms with Crippen LogP contribution in [0, 0.1) is 0 Å². The third-order valence-electron chi connectivity index (χ3n) is 1.53. The summed E-state index contributed by atoms with van der Waals surface area (Å²) < 4.78 is 0. The number of carbonyl (C=O) groups excluding carboxylic acids is 1. The first-order valence-corrected chi connectivity index (χ1v) is 4.01. The maximum Gasteiger partial charge on any atom is 0.158 e. The van der Waals surface area contributed by atoms with Gasteiger partial charge in [-0.05, 0) is 24.8 Å². The molecule has 0 amide bonds. The summed E-state index contributed by atoms with van der Waals surface area (Å²) >= 11 is 0. The fraction of sp³-hybridized carbons (Fsp3) is 0.667. The molecular weight excluding hydrogens is 124 g/mol. The van der Waals surface area contributed by atoms with Gasteiger partial charge in [-0.3, -0.25) is 4.79 Å². The molecule has 1 saturated carbocycles. The van der Waals surface area contributed by atoms with Crippen molar-refractivity contribution >= 4 is 5.78 Å². The lowest BCUT2D eigenvalue weighted by Gasteiger charge is -2.09. The van der Waals surface area contributed by atoms with Gasteiger partial charge in [0.2, 0.25) is 0 Å². The molecule has 0 spiro atoms. The largest absolute Gasteiger partial charge is 0.295 e. The number of hydrogen-bond donors (Lipinski definition) is 0. The van der Waals surface area contributed by atoms with Gasteiger partial charge in [-0.2, -0.15) is 0 Å². The summed E-state index contributed by atoms with van der Waals surface area (Å²) in [6, 6.07) is 0. The summed E-state index contributed by atoms with van der Waals surface area (Å²) in [6.45, 7) is 7.65. The Hall–Kier alpha value is -0.590. The van der Waals surface area contributed by atoms with E-state index in [1.165, 1.54) is 0 Å². The fourth-order valence-corrected chi connectivity index (χ4v) is 0.940. The van der Waals surface area contributed by atoms with Crippen molar-refractivity contribution in [3.8, 4) is 0 Å². The SMILES string of the molecule is C=C1CCCCC1=O.CC. The van der Waals surface area contributed by atoms with Crippen molar-refractivity contribution in [1.82, 2.24) is 0 Å². The van der Waals surface area contributed by atoms with Gasteiger partial charge in [0.25, 0.3) is 0 Å². The molecule has 0 bridgehead atoms. The second-order valence-electron chi connectivity index (χ2n) is 2.23. The van der Waals surface area contributed by atoms with Crippen molar-refractivity contribution < 1.29 is 4.79 Å². The molecule has 0 N–H and O–H groups in total. The molecule has 0 radical (unpaired) electrons. The van der Waals surface area contributed by atoms with E-state index >= 15 is 0 Å². The minimum Gasteiger partial charge on any atom is -0.295 e. The third kappa shape index (κ3) is 2.81. The molecule has 0 saturated heterocycles. The minimum absolute atomic E-state index is 0.274. The molecule has 0 atom stereocenters. The summed E-state index contributed by atoms with van der Waals surface area (Å²) in [5, 5.41) is 0. The van der Waals surface area contributed by atoms with Gasteiger partial charge in [-0.25, -0.2) is 0 Å². The molecule has 0 unspecified atom stereocenters. The van der Waals surface area contributed by atoms with E-state index in [1.807, 2.05) is 13.8 Å². The van der Waals surface area contributed by atoms with E-state index < -0.39 is 0 Å². The predicted molar refractivity (Wildman–Crippen MR) is 44.0 cm³/mol. The maximum absolute atomic E-state index is 10.7. The zero-order chi connectivity index (χ0) is 7.98. The number of allylic oxidation sites excluding steroid dienone is 1. The molecule has 0 aliphatic heterocycles. The third-order valence-corrected chi connectivity index (χ3v) is 1.53. The average Bonchev–Trinajstić information content (AvgIpc) is 2.00. The van der Waals surface area contributed by atoms with E-state index in [2.05, 4.69) is 6.58 Å². The van der Waals surface area contributed by atoms with Crippen molar-refractivity contribution in [2.45, 2.75) is 39.5 Å².